The molecule has 0 aliphatic rings. The summed E-state index contributed by atoms with van der Waals surface area (Å²) in [6, 6.07) is 5.34. The van der Waals surface area contributed by atoms with E-state index < -0.39 is 0 Å². The van der Waals surface area contributed by atoms with Crippen LogP contribution in [0.5, 0.6) is 5.75 Å². The number of rotatable bonds is 5. The fourth-order valence-corrected chi connectivity index (χ4v) is 1.72. The van der Waals surface area contributed by atoms with Crippen molar-refractivity contribution < 1.29 is 4.74 Å². The first-order valence-electron chi connectivity index (χ1n) is 5.81. The van der Waals surface area contributed by atoms with Crippen LogP contribution in [0.2, 0.25) is 10.0 Å². The molecule has 2 aromatic rings. The molecule has 6 heteroatoms. The molecule has 2 aromatic heterocycles. The van der Waals surface area contributed by atoms with Crippen molar-refractivity contribution in [3.63, 3.8) is 0 Å². The van der Waals surface area contributed by atoms with E-state index >= 15 is 0 Å². The van der Waals surface area contributed by atoms with Gasteiger partial charge in [0, 0.05) is 18.8 Å². The first-order valence-corrected chi connectivity index (χ1v) is 6.57. The van der Waals surface area contributed by atoms with Crippen LogP contribution in [0.25, 0.3) is 0 Å². The van der Waals surface area contributed by atoms with Gasteiger partial charge in [0.05, 0.1) is 16.9 Å². The summed E-state index contributed by atoms with van der Waals surface area (Å²) >= 11 is 11.8. The normalized spacial score (nSPS) is 10.3. The molecule has 0 aromatic carbocycles. The van der Waals surface area contributed by atoms with Gasteiger partial charge >= 0.3 is 0 Å². The van der Waals surface area contributed by atoms with Crippen LogP contribution < -0.4 is 10.1 Å². The van der Waals surface area contributed by atoms with Gasteiger partial charge in [-0.3, -0.25) is 4.98 Å². The number of anilines is 1. The van der Waals surface area contributed by atoms with Crippen molar-refractivity contribution in [2.75, 3.05) is 11.9 Å². The third-order valence-corrected chi connectivity index (χ3v) is 2.85. The maximum atomic E-state index is 6.03. The molecule has 0 bridgehead atoms. The Morgan fingerprint density at radius 3 is 2.74 bits per heavy atom. The van der Waals surface area contributed by atoms with Crippen molar-refractivity contribution in [3.05, 3.63) is 46.3 Å². The summed E-state index contributed by atoms with van der Waals surface area (Å²) in [4.78, 5) is 8.29. The summed E-state index contributed by atoms with van der Waals surface area (Å²) in [6.45, 7) is 3.10. The van der Waals surface area contributed by atoms with Gasteiger partial charge in [0.15, 0.2) is 0 Å². The van der Waals surface area contributed by atoms with Gasteiger partial charge in [-0.15, -0.1) is 0 Å². The van der Waals surface area contributed by atoms with Gasteiger partial charge in [0.25, 0.3) is 0 Å². The second-order valence-corrected chi connectivity index (χ2v) is 4.63. The summed E-state index contributed by atoms with van der Waals surface area (Å²) in [5.74, 6) is 1.30. The molecule has 0 fully saturated rings. The van der Waals surface area contributed by atoms with E-state index in [1.807, 2.05) is 13.0 Å². The zero-order valence-corrected chi connectivity index (χ0v) is 11.9. The van der Waals surface area contributed by atoms with Crippen LogP contribution in [-0.4, -0.2) is 16.5 Å². The molecule has 0 spiro atoms. The maximum absolute atomic E-state index is 6.03. The number of nitrogens with zero attached hydrogens (tertiary/aromatic N) is 2. The zero-order chi connectivity index (χ0) is 13.7. The summed E-state index contributed by atoms with van der Waals surface area (Å²) in [6.07, 6.45) is 3.14. The van der Waals surface area contributed by atoms with Crippen LogP contribution in [0.15, 0.2) is 30.6 Å². The van der Waals surface area contributed by atoms with Gasteiger partial charge in [-0.2, -0.15) is 0 Å². The fourth-order valence-electron chi connectivity index (χ4n) is 1.45. The highest BCUT2D eigenvalue weighted by Gasteiger charge is 2.05. The van der Waals surface area contributed by atoms with Crippen LogP contribution in [0.3, 0.4) is 0 Å². The summed E-state index contributed by atoms with van der Waals surface area (Å²) in [5.41, 5.74) is 0.780. The van der Waals surface area contributed by atoms with Gasteiger partial charge in [-0.1, -0.05) is 23.2 Å². The third-order valence-electron chi connectivity index (χ3n) is 2.34. The average Bonchev–Trinajstić information content (AvgIpc) is 2.41. The average molecular weight is 298 g/mol. The molecule has 0 atom stereocenters. The number of hydrogen-bond acceptors (Lipinski definition) is 4. The van der Waals surface area contributed by atoms with Crippen LogP contribution in [0.4, 0.5) is 5.82 Å². The van der Waals surface area contributed by atoms with Crippen LogP contribution in [0, 0.1) is 0 Å². The Balaban J connectivity index is 2.05. The van der Waals surface area contributed by atoms with E-state index in [9.17, 15) is 0 Å². The largest absolute Gasteiger partial charge is 0.486 e. The Kier molecular flexibility index (Phi) is 4.82. The van der Waals surface area contributed by atoms with Crippen LogP contribution in [-0.2, 0) is 6.61 Å². The van der Waals surface area contributed by atoms with E-state index in [1.165, 1.54) is 0 Å². The lowest BCUT2D eigenvalue weighted by Gasteiger charge is -2.09. The van der Waals surface area contributed by atoms with Gasteiger partial charge < -0.3 is 10.1 Å². The zero-order valence-electron chi connectivity index (χ0n) is 10.4. The number of hydrogen-bond donors (Lipinski definition) is 1. The first-order chi connectivity index (χ1) is 9.19. The van der Waals surface area contributed by atoms with E-state index in [4.69, 9.17) is 27.9 Å². The molecule has 19 heavy (non-hydrogen) atoms. The van der Waals surface area contributed by atoms with Gasteiger partial charge in [0.2, 0.25) is 0 Å². The Bertz CT molecular complexity index is 546. The highest BCUT2D eigenvalue weighted by molar-refractivity contribution is 6.32. The molecule has 0 saturated heterocycles. The first kappa shape index (κ1) is 13.9. The standard InChI is InChI=1S/C13H13Cl2N3O/c1-2-16-13-5-12(11(15)7-18-13)19-8-10-4-3-9(14)6-17-10/h3-7H,2,8H2,1H3,(H,16,18). The van der Waals surface area contributed by atoms with E-state index in [1.54, 1.807) is 24.5 Å². The number of halogens is 2. The molecule has 1 N–H and O–H groups in total. The van der Waals surface area contributed by atoms with Gasteiger partial charge in [-0.05, 0) is 19.1 Å². The molecule has 0 radical (unpaired) electrons. The molecule has 0 aliphatic heterocycles. The molecule has 0 unspecified atom stereocenters. The highest BCUT2D eigenvalue weighted by atomic mass is 35.5. The van der Waals surface area contributed by atoms with Crippen LogP contribution in [0.1, 0.15) is 12.6 Å². The lowest BCUT2D eigenvalue weighted by molar-refractivity contribution is 0.301. The van der Waals surface area contributed by atoms with Crippen molar-refractivity contribution in [3.8, 4) is 5.75 Å². The summed E-state index contributed by atoms with van der Waals surface area (Å²) in [7, 11) is 0. The molecule has 2 rings (SSSR count). The second-order valence-electron chi connectivity index (χ2n) is 3.79. The topological polar surface area (TPSA) is 47.0 Å². The van der Waals surface area contributed by atoms with E-state index in [0.717, 1.165) is 18.1 Å². The molecule has 0 aliphatic carbocycles. The van der Waals surface area contributed by atoms with Gasteiger partial charge in [-0.25, -0.2) is 4.98 Å². The van der Waals surface area contributed by atoms with Crippen molar-refractivity contribution in [2.24, 2.45) is 0 Å². The lowest BCUT2D eigenvalue weighted by atomic mass is 10.3. The predicted molar refractivity (Wildman–Crippen MR) is 77.0 cm³/mol. The van der Waals surface area contributed by atoms with E-state index in [2.05, 4.69) is 15.3 Å². The Hall–Kier alpha value is -1.52. The highest BCUT2D eigenvalue weighted by Crippen LogP contribution is 2.26. The molecule has 100 valence electrons. The monoisotopic (exact) mass is 297 g/mol. The number of nitrogens with one attached hydrogen (secondary N) is 1. The number of pyridine rings is 2. The predicted octanol–water partition coefficient (Wildman–Crippen LogP) is 3.79. The summed E-state index contributed by atoms with van der Waals surface area (Å²) in [5, 5.41) is 4.16. The minimum Gasteiger partial charge on any atom is -0.486 e. The minimum absolute atomic E-state index is 0.326. The van der Waals surface area contributed by atoms with Crippen LogP contribution >= 0.6 is 23.2 Å². The SMILES string of the molecule is CCNc1cc(OCc2ccc(Cl)cn2)c(Cl)cn1. The van der Waals surface area contributed by atoms with E-state index in [-0.39, 0.29) is 0 Å². The molecular formula is C13H13Cl2N3O. The molecular weight excluding hydrogens is 285 g/mol. The Labute approximate surface area is 121 Å². The smallest absolute Gasteiger partial charge is 0.143 e. The molecule has 2 heterocycles. The molecule has 4 nitrogen and oxygen atoms in total. The number of aromatic nitrogens is 2. The summed E-state index contributed by atoms with van der Waals surface area (Å²) < 4.78 is 5.63. The molecule has 0 saturated carbocycles. The Morgan fingerprint density at radius 2 is 2.05 bits per heavy atom. The second kappa shape index (κ2) is 6.59. The Morgan fingerprint density at radius 1 is 1.21 bits per heavy atom. The van der Waals surface area contributed by atoms with Crippen molar-refractivity contribution in [2.45, 2.75) is 13.5 Å². The lowest BCUT2D eigenvalue weighted by Crippen LogP contribution is -2.02. The third kappa shape index (κ3) is 3.98. The number of ether oxygens (including phenoxy) is 1. The maximum Gasteiger partial charge on any atom is 0.143 e. The molecule has 0 amide bonds. The van der Waals surface area contributed by atoms with Crippen molar-refractivity contribution >= 4 is 29.0 Å². The van der Waals surface area contributed by atoms with Crippen molar-refractivity contribution in [1.82, 2.24) is 9.97 Å². The minimum atomic E-state index is 0.326. The van der Waals surface area contributed by atoms with Gasteiger partial charge in [0.1, 0.15) is 23.2 Å². The van der Waals surface area contributed by atoms with E-state index in [0.29, 0.717) is 22.4 Å². The quantitative estimate of drug-likeness (QED) is 0.912. The fraction of sp³-hybridized carbons (Fsp3) is 0.231. The van der Waals surface area contributed by atoms with Crippen molar-refractivity contribution in [1.29, 1.82) is 0 Å².